The molecule has 1 fully saturated rings. The summed E-state index contributed by atoms with van der Waals surface area (Å²) in [6.45, 7) is 0.169. The number of rotatable bonds is 2. The van der Waals surface area contributed by atoms with Gasteiger partial charge in [-0.25, -0.2) is 4.98 Å². The molecule has 0 spiro atoms. The lowest BCUT2D eigenvalue weighted by Gasteiger charge is -2.32. The van der Waals surface area contributed by atoms with Crippen LogP contribution < -0.4 is 0 Å². The number of nitrogens with zero attached hydrogens (tertiary/aromatic N) is 2. The summed E-state index contributed by atoms with van der Waals surface area (Å²) >= 11 is 6.16. The van der Waals surface area contributed by atoms with Crippen molar-refractivity contribution in [1.82, 2.24) is 9.88 Å². The predicted molar refractivity (Wildman–Crippen MR) is 89.4 cm³/mol. The van der Waals surface area contributed by atoms with E-state index in [2.05, 4.69) is 4.98 Å². The highest BCUT2D eigenvalue weighted by atomic mass is 35.5. The van der Waals surface area contributed by atoms with Crippen molar-refractivity contribution in [1.29, 1.82) is 0 Å². The lowest BCUT2D eigenvalue weighted by molar-refractivity contribution is -0.183. The number of piperidine rings is 1. The highest BCUT2D eigenvalue weighted by Gasteiger charge is 2.41. The van der Waals surface area contributed by atoms with Crippen LogP contribution in [-0.2, 0) is 0 Å². The maximum absolute atomic E-state index is 12.7. The van der Waals surface area contributed by atoms with Gasteiger partial charge in [-0.3, -0.25) is 4.79 Å². The van der Waals surface area contributed by atoms with E-state index in [0.717, 1.165) is 0 Å². The van der Waals surface area contributed by atoms with Crippen LogP contribution in [0.1, 0.15) is 23.3 Å². The first-order valence-corrected chi connectivity index (χ1v) is 8.32. The minimum atomic E-state index is -4.20. The smallest absolute Gasteiger partial charge is 0.337 e. The summed E-state index contributed by atoms with van der Waals surface area (Å²) in [6.07, 6.45) is -4.34. The zero-order chi connectivity index (χ0) is 18.0. The summed E-state index contributed by atoms with van der Waals surface area (Å²) in [5.41, 5.74) is 1.47. The summed E-state index contributed by atoms with van der Waals surface area (Å²) < 4.78 is 38.2. The molecule has 7 heteroatoms. The fourth-order valence-corrected chi connectivity index (χ4v) is 3.18. The van der Waals surface area contributed by atoms with E-state index in [4.69, 9.17) is 11.6 Å². The summed E-state index contributed by atoms with van der Waals surface area (Å²) in [5, 5.41) is 0.519. The van der Waals surface area contributed by atoms with Gasteiger partial charge in [0.05, 0.1) is 11.6 Å². The Balaban J connectivity index is 1.76. The molecule has 0 aliphatic carbocycles. The minimum Gasteiger partial charge on any atom is -0.337 e. The molecule has 0 unspecified atom stereocenters. The van der Waals surface area contributed by atoms with E-state index in [1.165, 1.54) is 4.90 Å². The van der Waals surface area contributed by atoms with Crippen molar-refractivity contribution in [2.75, 3.05) is 13.1 Å². The van der Waals surface area contributed by atoms with Gasteiger partial charge in [0, 0.05) is 23.7 Å². The number of likely N-dealkylation sites (tertiary alicyclic amines) is 1. The van der Waals surface area contributed by atoms with Crippen LogP contribution in [0.25, 0.3) is 11.3 Å². The molecule has 2 aromatic rings. The molecule has 1 aromatic heterocycles. The second-order valence-corrected chi connectivity index (χ2v) is 6.40. The monoisotopic (exact) mass is 368 g/mol. The lowest BCUT2D eigenvalue weighted by atomic mass is 9.96. The Kier molecular flexibility index (Phi) is 4.99. The van der Waals surface area contributed by atoms with Gasteiger partial charge in [-0.2, -0.15) is 13.2 Å². The van der Waals surface area contributed by atoms with E-state index in [9.17, 15) is 18.0 Å². The van der Waals surface area contributed by atoms with Crippen LogP contribution in [0.2, 0.25) is 5.02 Å². The Morgan fingerprint density at radius 1 is 1.08 bits per heavy atom. The fraction of sp³-hybridized carbons (Fsp3) is 0.333. The van der Waals surface area contributed by atoms with Crippen LogP contribution >= 0.6 is 11.6 Å². The van der Waals surface area contributed by atoms with Crippen molar-refractivity contribution < 1.29 is 18.0 Å². The van der Waals surface area contributed by atoms with Crippen LogP contribution in [0, 0.1) is 5.92 Å². The highest BCUT2D eigenvalue weighted by Crippen LogP contribution is 2.34. The average molecular weight is 369 g/mol. The number of hydrogen-bond donors (Lipinski definition) is 0. The van der Waals surface area contributed by atoms with Gasteiger partial charge < -0.3 is 4.90 Å². The molecule has 0 bridgehead atoms. The number of aromatic nitrogens is 1. The molecule has 1 aliphatic rings. The molecule has 0 atom stereocenters. The number of alkyl halides is 3. The molecule has 1 saturated heterocycles. The highest BCUT2D eigenvalue weighted by molar-refractivity contribution is 6.33. The van der Waals surface area contributed by atoms with Gasteiger partial charge in [-0.1, -0.05) is 35.9 Å². The molecule has 0 saturated carbocycles. The SMILES string of the molecule is O=C(c1cccc(-c2ccccc2Cl)n1)N1CCC(C(F)(F)F)CC1. The minimum absolute atomic E-state index is 0.0700. The number of carbonyl (C=O) groups excluding carboxylic acids is 1. The molecule has 2 heterocycles. The molecule has 25 heavy (non-hydrogen) atoms. The van der Waals surface area contributed by atoms with E-state index in [0.29, 0.717) is 16.3 Å². The van der Waals surface area contributed by atoms with Gasteiger partial charge in [0.25, 0.3) is 5.91 Å². The zero-order valence-corrected chi connectivity index (χ0v) is 14.0. The second kappa shape index (κ2) is 7.04. The summed E-state index contributed by atoms with van der Waals surface area (Å²) in [7, 11) is 0. The zero-order valence-electron chi connectivity index (χ0n) is 13.3. The number of carbonyl (C=O) groups is 1. The van der Waals surface area contributed by atoms with Crippen molar-refractivity contribution in [3.05, 3.63) is 53.2 Å². The third kappa shape index (κ3) is 3.95. The number of benzene rings is 1. The van der Waals surface area contributed by atoms with Crippen LogP contribution in [0.15, 0.2) is 42.5 Å². The molecular formula is C18H16ClF3N2O. The number of halogens is 4. The van der Waals surface area contributed by atoms with E-state index in [1.54, 1.807) is 36.4 Å². The quantitative estimate of drug-likeness (QED) is 0.761. The van der Waals surface area contributed by atoms with Crippen LogP contribution in [0.3, 0.4) is 0 Å². The molecule has 1 amide bonds. The Morgan fingerprint density at radius 2 is 1.76 bits per heavy atom. The van der Waals surface area contributed by atoms with Crippen molar-refractivity contribution in [3.63, 3.8) is 0 Å². The first-order chi connectivity index (χ1) is 11.9. The third-order valence-corrected chi connectivity index (χ3v) is 4.69. The van der Waals surface area contributed by atoms with E-state index < -0.39 is 12.1 Å². The molecular weight excluding hydrogens is 353 g/mol. The van der Waals surface area contributed by atoms with Crippen molar-refractivity contribution in [3.8, 4) is 11.3 Å². The molecule has 3 nitrogen and oxygen atoms in total. The molecule has 3 rings (SSSR count). The van der Waals surface area contributed by atoms with Gasteiger partial charge >= 0.3 is 6.18 Å². The lowest BCUT2D eigenvalue weighted by Crippen LogP contribution is -2.42. The van der Waals surface area contributed by atoms with Crippen molar-refractivity contribution in [2.24, 2.45) is 5.92 Å². The normalized spacial score (nSPS) is 16.1. The van der Waals surface area contributed by atoms with E-state index in [-0.39, 0.29) is 37.5 Å². The number of hydrogen-bond acceptors (Lipinski definition) is 2. The summed E-state index contributed by atoms with van der Waals surface area (Å²) in [6, 6.07) is 12.2. The van der Waals surface area contributed by atoms with E-state index in [1.807, 2.05) is 6.07 Å². The van der Waals surface area contributed by atoms with E-state index >= 15 is 0 Å². The summed E-state index contributed by atoms with van der Waals surface area (Å²) in [5.74, 6) is -1.69. The van der Waals surface area contributed by atoms with Crippen LogP contribution in [0.4, 0.5) is 13.2 Å². The predicted octanol–water partition coefficient (Wildman–Crippen LogP) is 4.82. The van der Waals surface area contributed by atoms with Gasteiger partial charge in [0.2, 0.25) is 0 Å². The van der Waals surface area contributed by atoms with Gasteiger partial charge in [0.15, 0.2) is 0 Å². The number of pyridine rings is 1. The molecule has 1 aliphatic heterocycles. The van der Waals surface area contributed by atoms with Crippen molar-refractivity contribution in [2.45, 2.75) is 19.0 Å². The first kappa shape index (κ1) is 17.7. The van der Waals surface area contributed by atoms with Gasteiger partial charge in [-0.05, 0) is 31.0 Å². The van der Waals surface area contributed by atoms with Gasteiger partial charge in [-0.15, -0.1) is 0 Å². The third-order valence-electron chi connectivity index (χ3n) is 4.36. The Hall–Kier alpha value is -2.08. The topological polar surface area (TPSA) is 33.2 Å². The van der Waals surface area contributed by atoms with Crippen LogP contribution in [-0.4, -0.2) is 35.1 Å². The number of amides is 1. The molecule has 1 aromatic carbocycles. The maximum atomic E-state index is 12.7. The Morgan fingerprint density at radius 3 is 2.40 bits per heavy atom. The van der Waals surface area contributed by atoms with Crippen molar-refractivity contribution >= 4 is 17.5 Å². The maximum Gasteiger partial charge on any atom is 0.391 e. The Labute approximate surface area is 148 Å². The summed E-state index contributed by atoms with van der Waals surface area (Å²) in [4.78, 5) is 18.4. The molecule has 0 radical (unpaired) electrons. The second-order valence-electron chi connectivity index (χ2n) is 6.00. The standard InChI is InChI=1S/C18H16ClF3N2O/c19-14-5-2-1-4-13(14)15-6-3-7-16(23-15)17(25)24-10-8-12(9-11-24)18(20,21)22/h1-7,12H,8-11H2. The first-order valence-electron chi connectivity index (χ1n) is 7.94. The average Bonchev–Trinajstić information content (AvgIpc) is 2.61. The fourth-order valence-electron chi connectivity index (χ4n) is 2.94. The molecule has 132 valence electrons. The largest absolute Gasteiger partial charge is 0.391 e. The Bertz CT molecular complexity index is 771. The van der Waals surface area contributed by atoms with Gasteiger partial charge in [0.1, 0.15) is 5.69 Å². The van der Waals surface area contributed by atoms with Crippen LogP contribution in [0.5, 0.6) is 0 Å². The molecule has 0 N–H and O–H groups in total.